The Labute approximate surface area is 167 Å². The van der Waals surface area contributed by atoms with Crippen molar-refractivity contribution in [1.29, 1.82) is 0 Å². The maximum atomic E-state index is 12.3. The van der Waals surface area contributed by atoms with Crippen molar-refractivity contribution in [2.75, 3.05) is 7.11 Å². The van der Waals surface area contributed by atoms with Crippen molar-refractivity contribution in [1.82, 2.24) is 15.1 Å². The van der Waals surface area contributed by atoms with E-state index in [2.05, 4.69) is 10.4 Å². The number of nitrogens with zero attached hydrogens (tertiary/aromatic N) is 2. The zero-order chi connectivity index (χ0) is 20.1. The molecule has 0 unspecified atom stereocenters. The van der Waals surface area contributed by atoms with Gasteiger partial charge in [-0.2, -0.15) is 5.10 Å². The highest BCUT2D eigenvalue weighted by atomic mass is 35.5. The van der Waals surface area contributed by atoms with E-state index in [9.17, 15) is 9.59 Å². The number of rotatable bonds is 6. The summed E-state index contributed by atoms with van der Waals surface area (Å²) >= 11 is 6.09. The van der Waals surface area contributed by atoms with Gasteiger partial charge in [-0.1, -0.05) is 29.8 Å². The molecule has 28 heavy (non-hydrogen) atoms. The van der Waals surface area contributed by atoms with Gasteiger partial charge in [0.05, 0.1) is 12.8 Å². The number of halogens is 1. The number of nitrogens with one attached hydrogen (secondary N) is 1. The lowest BCUT2D eigenvalue weighted by molar-refractivity contribution is -0.122. The smallest absolute Gasteiger partial charge is 0.267 e. The Morgan fingerprint density at radius 1 is 1.18 bits per heavy atom. The zero-order valence-corrected chi connectivity index (χ0v) is 16.4. The van der Waals surface area contributed by atoms with Crippen LogP contribution in [0.2, 0.25) is 5.02 Å². The summed E-state index contributed by atoms with van der Waals surface area (Å²) in [6.45, 7) is 2.04. The molecular formula is C21H20ClN3O3. The fraction of sp³-hybridized carbons (Fsp3) is 0.190. The SMILES string of the molecule is COc1ccc(-c2ccc(=O)n(CC(=O)NCc3ccccc3Cl)n2)c(C)c1. The van der Waals surface area contributed by atoms with Gasteiger partial charge in [-0.3, -0.25) is 9.59 Å². The molecule has 0 bridgehead atoms. The van der Waals surface area contributed by atoms with Gasteiger partial charge >= 0.3 is 0 Å². The van der Waals surface area contributed by atoms with Gasteiger partial charge in [-0.05, 0) is 48.4 Å². The highest BCUT2D eigenvalue weighted by Crippen LogP contribution is 2.24. The van der Waals surface area contributed by atoms with Gasteiger partial charge in [0.15, 0.2) is 0 Å². The highest BCUT2D eigenvalue weighted by molar-refractivity contribution is 6.31. The lowest BCUT2D eigenvalue weighted by Crippen LogP contribution is -2.33. The average molecular weight is 398 g/mol. The second-order valence-corrected chi connectivity index (χ2v) is 6.67. The van der Waals surface area contributed by atoms with Gasteiger partial charge < -0.3 is 10.1 Å². The molecule has 0 aliphatic rings. The number of methoxy groups -OCH3 is 1. The van der Waals surface area contributed by atoms with Crippen LogP contribution in [-0.2, 0) is 17.9 Å². The number of carbonyl (C=O) groups excluding carboxylic acids is 1. The molecule has 3 rings (SSSR count). The number of hydrogen-bond acceptors (Lipinski definition) is 4. The lowest BCUT2D eigenvalue weighted by Gasteiger charge is -2.11. The minimum Gasteiger partial charge on any atom is -0.497 e. The number of amides is 1. The van der Waals surface area contributed by atoms with Crippen LogP contribution in [0.3, 0.4) is 0 Å². The van der Waals surface area contributed by atoms with Crippen LogP contribution in [0.1, 0.15) is 11.1 Å². The average Bonchev–Trinajstić information content (AvgIpc) is 2.69. The molecule has 0 aliphatic heterocycles. The molecule has 1 aromatic heterocycles. The van der Waals surface area contributed by atoms with Gasteiger partial charge in [0.25, 0.3) is 5.56 Å². The summed E-state index contributed by atoms with van der Waals surface area (Å²) in [5, 5.41) is 7.69. The number of aryl methyl sites for hydroxylation is 1. The fourth-order valence-corrected chi connectivity index (χ4v) is 2.99. The van der Waals surface area contributed by atoms with E-state index in [-0.39, 0.29) is 24.6 Å². The third-order valence-electron chi connectivity index (χ3n) is 4.30. The normalized spacial score (nSPS) is 10.5. The number of aromatic nitrogens is 2. The van der Waals surface area contributed by atoms with Gasteiger partial charge in [-0.25, -0.2) is 4.68 Å². The molecular weight excluding hydrogens is 378 g/mol. The van der Waals surface area contributed by atoms with E-state index in [1.165, 1.54) is 6.07 Å². The van der Waals surface area contributed by atoms with Crippen LogP contribution in [0.5, 0.6) is 5.75 Å². The van der Waals surface area contributed by atoms with Crippen molar-refractivity contribution in [3.05, 3.63) is 81.1 Å². The van der Waals surface area contributed by atoms with E-state index in [4.69, 9.17) is 16.3 Å². The van der Waals surface area contributed by atoms with Crippen molar-refractivity contribution in [2.24, 2.45) is 0 Å². The molecule has 0 fully saturated rings. The molecule has 0 radical (unpaired) electrons. The summed E-state index contributed by atoms with van der Waals surface area (Å²) in [6, 6.07) is 15.9. The summed E-state index contributed by atoms with van der Waals surface area (Å²) in [5.74, 6) is 0.423. The molecule has 0 saturated carbocycles. The minimum atomic E-state index is -0.345. The third kappa shape index (κ3) is 4.58. The molecule has 7 heteroatoms. The lowest BCUT2D eigenvalue weighted by atomic mass is 10.1. The first-order chi connectivity index (χ1) is 13.5. The predicted octanol–water partition coefficient (Wildman–Crippen LogP) is 3.20. The van der Waals surface area contributed by atoms with E-state index < -0.39 is 0 Å². The molecule has 144 valence electrons. The fourth-order valence-electron chi connectivity index (χ4n) is 2.78. The van der Waals surface area contributed by atoms with Crippen molar-refractivity contribution in [2.45, 2.75) is 20.0 Å². The quantitative estimate of drug-likeness (QED) is 0.693. The van der Waals surface area contributed by atoms with E-state index in [1.54, 1.807) is 19.2 Å². The van der Waals surface area contributed by atoms with Crippen molar-refractivity contribution in [3.63, 3.8) is 0 Å². The Hall–Kier alpha value is -3.12. The van der Waals surface area contributed by atoms with Gasteiger partial charge in [0, 0.05) is 23.2 Å². The summed E-state index contributed by atoms with van der Waals surface area (Å²) in [4.78, 5) is 24.4. The number of carbonyl (C=O) groups is 1. The molecule has 0 spiro atoms. The second kappa shape index (κ2) is 8.71. The van der Waals surface area contributed by atoms with Crippen LogP contribution in [0.15, 0.2) is 59.4 Å². The van der Waals surface area contributed by atoms with Crippen LogP contribution < -0.4 is 15.6 Å². The topological polar surface area (TPSA) is 73.2 Å². The maximum Gasteiger partial charge on any atom is 0.267 e. The number of benzene rings is 2. The zero-order valence-electron chi connectivity index (χ0n) is 15.6. The Morgan fingerprint density at radius 2 is 1.96 bits per heavy atom. The summed E-state index contributed by atoms with van der Waals surface area (Å²) in [6.07, 6.45) is 0. The maximum absolute atomic E-state index is 12.3. The predicted molar refractivity (Wildman–Crippen MR) is 109 cm³/mol. The van der Waals surface area contributed by atoms with Crippen LogP contribution in [0, 0.1) is 6.92 Å². The largest absolute Gasteiger partial charge is 0.497 e. The Balaban J connectivity index is 1.75. The molecule has 1 heterocycles. The highest BCUT2D eigenvalue weighted by Gasteiger charge is 2.10. The monoisotopic (exact) mass is 397 g/mol. The number of ether oxygens (including phenoxy) is 1. The Bertz CT molecular complexity index is 1060. The minimum absolute atomic E-state index is 0.174. The molecule has 6 nitrogen and oxygen atoms in total. The van der Waals surface area contributed by atoms with Crippen molar-refractivity contribution >= 4 is 17.5 Å². The van der Waals surface area contributed by atoms with Gasteiger partial charge in [-0.15, -0.1) is 0 Å². The van der Waals surface area contributed by atoms with Gasteiger partial charge in [0.2, 0.25) is 5.91 Å². The molecule has 0 atom stereocenters. The van der Waals surface area contributed by atoms with Crippen LogP contribution in [-0.4, -0.2) is 22.8 Å². The van der Waals surface area contributed by atoms with E-state index >= 15 is 0 Å². The van der Waals surface area contributed by atoms with Crippen molar-refractivity contribution < 1.29 is 9.53 Å². The standard InChI is InChI=1S/C21H20ClN3O3/c1-14-11-16(28-2)7-8-17(14)19-9-10-21(27)25(24-19)13-20(26)23-12-15-5-3-4-6-18(15)22/h3-11H,12-13H2,1-2H3,(H,23,26). The third-order valence-corrected chi connectivity index (χ3v) is 4.67. The second-order valence-electron chi connectivity index (χ2n) is 6.26. The van der Waals surface area contributed by atoms with E-state index in [0.717, 1.165) is 27.1 Å². The molecule has 3 aromatic rings. The molecule has 1 N–H and O–H groups in total. The molecule has 2 aromatic carbocycles. The van der Waals surface area contributed by atoms with E-state index in [1.807, 2.05) is 43.3 Å². The Morgan fingerprint density at radius 3 is 2.68 bits per heavy atom. The first kappa shape index (κ1) is 19.6. The molecule has 0 saturated heterocycles. The summed E-state index contributed by atoms with van der Waals surface area (Å²) < 4.78 is 6.37. The van der Waals surface area contributed by atoms with Crippen molar-refractivity contribution in [3.8, 4) is 17.0 Å². The first-order valence-electron chi connectivity index (χ1n) is 8.71. The van der Waals surface area contributed by atoms with Gasteiger partial charge in [0.1, 0.15) is 12.3 Å². The number of hydrogen-bond donors (Lipinski definition) is 1. The summed E-state index contributed by atoms with van der Waals surface area (Å²) in [7, 11) is 1.61. The Kier molecular flexibility index (Phi) is 6.11. The van der Waals surface area contributed by atoms with Crippen LogP contribution in [0.4, 0.5) is 0 Å². The molecule has 1 amide bonds. The van der Waals surface area contributed by atoms with Crippen LogP contribution in [0.25, 0.3) is 11.3 Å². The first-order valence-corrected chi connectivity index (χ1v) is 9.09. The molecule has 0 aliphatic carbocycles. The summed E-state index contributed by atoms with van der Waals surface area (Å²) in [5.41, 5.74) is 2.90. The van der Waals surface area contributed by atoms with Crippen LogP contribution >= 0.6 is 11.6 Å². The van der Waals surface area contributed by atoms with E-state index in [0.29, 0.717) is 10.7 Å².